The van der Waals surface area contributed by atoms with Crippen molar-refractivity contribution in [2.45, 2.75) is 32.7 Å². The third-order valence-electron chi connectivity index (χ3n) is 3.28. The molecule has 0 bridgehead atoms. The Morgan fingerprint density at radius 1 is 1.40 bits per heavy atom. The number of halogens is 1. The van der Waals surface area contributed by atoms with Gasteiger partial charge in [-0.15, -0.1) is 0 Å². The first-order valence-corrected chi connectivity index (χ1v) is 7.72. The Bertz CT molecular complexity index is 476. The van der Waals surface area contributed by atoms with Crippen LogP contribution in [0.4, 0.5) is 11.6 Å². The van der Waals surface area contributed by atoms with Crippen LogP contribution in [0.1, 0.15) is 26.7 Å². The number of hydrogen-bond donors (Lipinski definition) is 2. The minimum atomic E-state index is -0.297. The molecule has 0 saturated carbocycles. The van der Waals surface area contributed by atoms with Crippen LogP contribution in [0.15, 0.2) is 10.8 Å². The van der Waals surface area contributed by atoms with Gasteiger partial charge in [0.1, 0.15) is 28.5 Å². The van der Waals surface area contributed by atoms with Crippen molar-refractivity contribution in [2.24, 2.45) is 0 Å². The molecule has 0 spiro atoms. The number of hydrogen-bond acceptors (Lipinski definition) is 5. The smallest absolute Gasteiger partial charge is 0.244 e. The minimum Gasteiger partial charge on any atom is -0.369 e. The Morgan fingerprint density at radius 3 is 2.70 bits per heavy atom. The molecule has 1 aliphatic rings. The van der Waals surface area contributed by atoms with Crippen LogP contribution in [0.25, 0.3) is 0 Å². The monoisotopic (exact) mass is 341 g/mol. The number of nitrogens with one attached hydrogen (secondary N) is 2. The van der Waals surface area contributed by atoms with E-state index in [4.69, 9.17) is 0 Å². The first kappa shape index (κ1) is 15.0. The maximum absolute atomic E-state index is 12.3. The van der Waals surface area contributed by atoms with E-state index in [9.17, 15) is 4.79 Å². The standard InChI is InChI=1S/C13H20BrN5O/c1-3-15-11-10(14)12(17-8-16-11)18-9(2)13(20)19-6-4-5-7-19/h8-9H,3-7H2,1-2H3,(H2,15,16,17,18). The summed E-state index contributed by atoms with van der Waals surface area (Å²) in [5, 5.41) is 6.30. The second-order valence-electron chi connectivity index (χ2n) is 4.81. The lowest BCUT2D eigenvalue weighted by Gasteiger charge is -2.22. The SMILES string of the molecule is CCNc1ncnc(NC(C)C(=O)N2CCCC2)c1Br. The summed E-state index contributed by atoms with van der Waals surface area (Å²) in [6, 6.07) is -0.297. The lowest BCUT2D eigenvalue weighted by molar-refractivity contribution is -0.130. The summed E-state index contributed by atoms with van der Waals surface area (Å²) in [7, 11) is 0. The summed E-state index contributed by atoms with van der Waals surface area (Å²) in [6.45, 7) is 6.36. The van der Waals surface area contributed by atoms with Crippen molar-refractivity contribution in [3.63, 3.8) is 0 Å². The van der Waals surface area contributed by atoms with Gasteiger partial charge in [0, 0.05) is 19.6 Å². The summed E-state index contributed by atoms with van der Waals surface area (Å²) in [6.07, 6.45) is 3.68. The van der Waals surface area contributed by atoms with Crippen LogP contribution < -0.4 is 10.6 Å². The van der Waals surface area contributed by atoms with Crippen molar-refractivity contribution in [3.8, 4) is 0 Å². The van der Waals surface area contributed by atoms with Gasteiger partial charge in [-0.05, 0) is 42.6 Å². The van der Waals surface area contributed by atoms with Crippen LogP contribution in [0.5, 0.6) is 0 Å². The molecule has 2 heterocycles. The number of likely N-dealkylation sites (tertiary alicyclic amines) is 1. The molecule has 20 heavy (non-hydrogen) atoms. The van der Waals surface area contributed by atoms with Gasteiger partial charge in [0.25, 0.3) is 0 Å². The number of rotatable bonds is 5. The van der Waals surface area contributed by atoms with Crippen molar-refractivity contribution < 1.29 is 4.79 Å². The van der Waals surface area contributed by atoms with Crippen LogP contribution >= 0.6 is 15.9 Å². The third-order valence-corrected chi connectivity index (χ3v) is 4.03. The highest BCUT2D eigenvalue weighted by Crippen LogP contribution is 2.27. The summed E-state index contributed by atoms with van der Waals surface area (Å²) in [5.74, 6) is 1.49. The molecule has 0 aliphatic carbocycles. The fourth-order valence-corrected chi connectivity index (χ4v) is 2.70. The first-order chi connectivity index (χ1) is 9.63. The van der Waals surface area contributed by atoms with Gasteiger partial charge in [0.05, 0.1) is 0 Å². The van der Waals surface area contributed by atoms with Gasteiger partial charge in [-0.2, -0.15) is 0 Å². The second-order valence-corrected chi connectivity index (χ2v) is 5.61. The molecule has 1 aromatic rings. The van der Waals surface area contributed by atoms with Crippen LogP contribution in [0.2, 0.25) is 0 Å². The highest BCUT2D eigenvalue weighted by molar-refractivity contribution is 9.10. The van der Waals surface area contributed by atoms with Gasteiger partial charge < -0.3 is 15.5 Å². The van der Waals surface area contributed by atoms with E-state index >= 15 is 0 Å². The molecule has 110 valence electrons. The number of anilines is 2. The molecule has 1 aliphatic heterocycles. The Hall–Kier alpha value is -1.37. The Morgan fingerprint density at radius 2 is 2.05 bits per heavy atom. The summed E-state index contributed by atoms with van der Waals surface area (Å²) < 4.78 is 0.753. The van der Waals surface area contributed by atoms with Crippen molar-refractivity contribution in [3.05, 3.63) is 10.8 Å². The van der Waals surface area contributed by atoms with Gasteiger partial charge in [-0.3, -0.25) is 4.79 Å². The molecule has 1 unspecified atom stereocenters. The van der Waals surface area contributed by atoms with Crippen LogP contribution in [0.3, 0.4) is 0 Å². The zero-order valence-electron chi connectivity index (χ0n) is 11.8. The number of amides is 1. The summed E-state index contributed by atoms with van der Waals surface area (Å²) in [4.78, 5) is 22.5. The first-order valence-electron chi connectivity index (χ1n) is 6.93. The molecule has 1 atom stereocenters. The van der Waals surface area contributed by atoms with E-state index in [-0.39, 0.29) is 11.9 Å². The largest absolute Gasteiger partial charge is 0.369 e. The zero-order valence-corrected chi connectivity index (χ0v) is 13.4. The lowest BCUT2D eigenvalue weighted by Crippen LogP contribution is -2.39. The molecule has 0 aromatic carbocycles. The van der Waals surface area contributed by atoms with Crippen molar-refractivity contribution in [1.82, 2.24) is 14.9 Å². The van der Waals surface area contributed by atoms with Gasteiger partial charge in [-0.1, -0.05) is 0 Å². The van der Waals surface area contributed by atoms with Crippen LogP contribution in [0, 0.1) is 0 Å². The normalized spacial score (nSPS) is 16.1. The molecule has 7 heteroatoms. The van der Waals surface area contributed by atoms with Gasteiger partial charge in [0.15, 0.2) is 0 Å². The zero-order chi connectivity index (χ0) is 14.5. The molecule has 1 fully saturated rings. The molecular formula is C13H20BrN5O. The molecule has 1 amide bonds. The number of carbonyl (C=O) groups excluding carboxylic acids is 1. The highest BCUT2D eigenvalue weighted by Gasteiger charge is 2.24. The molecule has 2 N–H and O–H groups in total. The Kier molecular flexibility index (Phi) is 5.17. The lowest BCUT2D eigenvalue weighted by atomic mass is 10.3. The minimum absolute atomic E-state index is 0.123. The predicted molar refractivity (Wildman–Crippen MR) is 82.8 cm³/mol. The van der Waals surface area contributed by atoms with Gasteiger partial charge >= 0.3 is 0 Å². The number of carbonyl (C=O) groups is 1. The van der Waals surface area contributed by atoms with Crippen molar-refractivity contribution in [1.29, 1.82) is 0 Å². The van der Waals surface area contributed by atoms with E-state index in [2.05, 4.69) is 36.5 Å². The maximum Gasteiger partial charge on any atom is 0.244 e. The molecule has 1 saturated heterocycles. The van der Waals surface area contributed by atoms with E-state index in [1.165, 1.54) is 6.33 Å². The van der Waals surface area contributed by atoms with E-state index in [0.29, 0.717) is 5.82 Å². The van der Waals surface area contributed by atoms with E-state index in [0.717, 1.165) is 42.8 Å². The Balaban J connectivity index is 2.05. The Labute approximate surface area is 127 Å². The van der Waals surface area contributed by atoms with Crippen LogP contribution in [-0.4, -0.2) is 46.5 Å². The highest BCUT2D eigenvalue weighted by atomic mass is 79.9. The topological polar surface area (TPSA) is 70.1 Å². The van der Waals surface area contributed by atoms with Gasteiger partial charge in [0.2, 0.25) is 5.91 Å². The molecule has 2 rings (SSSR count). The molecule has 0 radical (unpaired) electrons. The molecule has 6 nitrogen and oxygen atoms in total. The van der Waals surface area contributed by atoms with E-state index in [1.54, 1.807) is 0 Å². The second kappa shape index (κ2) is 6.88. The number of aromatic nitrogens is 2. The summed E-state index contributed by atoms with van der Waals surface area (Å²) >= 11 is 3.47. The maximum atomic E-state index is 12.3. The molecular weight excluding hydrogens is 322 g/mol. The summed E-state index contributed by atoms with van der Waals surface area (Å²) in [5.41, 5.74) is 0. The van der Waals surface area contributed by atoms with E-state index in [1.807, 2.05) is 18.7 Å². The van der Waals surface area contributed by atoms with Crippen molar-refractivity contribution >= 4 is 33.5 Å². The molecule has 1 aromatic heterocycles. The van der Waals surface area contributed by atoms with E-state index < -0.39 is 0 Å². The van der Waals surface area contributed by atoms with Gasteiger partial charge in [-0.25, -0.2) is 9.97 Å². The van der Waals surface area contributed by atoms with Crippen molar-refractivity contribution in [2.75, 3.05) is 30.3 Å². The average molecular weight is 342 g/mol. The predicted octanol–water partition coefficient (Wildman–Crippen LogP) is 2.09. The fourth-order valence-electron chi connectivity index (χ4n) is 2.24. The fraction of sp³-hybridized carbons (Fsp3) is 0.615. The third kappa shape index (κ3) is 3.39. The number of nitrogens with zero attached hydrogens (tertiary/aromatic N) is 3. The van der Waals surface area contributed by atoms with Crippen LogP contribution in [-0.2, 0) is 4.79 Å². The quantitative estimate of drug-likeness (QED) is 0.858. The average Bonchev–Trinajstić information content (AvgIpc) is 2.96.